The third kappa shape index (κ3) is 2.51. The first-order valence-corrected chi connectivity index (χ1v) is 6.59. The van der Waals surface area contributed by atoms with Gasteiger partial charge in [-0.2, -0.15) is 5.10 Å². The first-order chi connectivity index (χ1) is 10.2. The summed E-state index contributed by atoms with van der Waals surface area (Å²) in [7, 11) is 0. The van der Waals surface area contributed by atoms with Crippen LogP contribution in [0.1, 0.15) is 0 Å². The highest BCUT2D eigenvalue weighted by Crippen LogP contribution is 2.28. The summed E-state index contributed by atoms with van der Waals surface area (Å²) in [6.07, 6.45) is 0. The summed E-state index contributed by atoms with van der Waals surface area (Å²) in [6.45, 7) is 0. The lowest BCUT2D eigenvalue weighted by Gasteiger charge is -2.03. The summed E-state index contributed by atoms with van der Waals surface area (Å²) < 4.78 is 1.38. The van der Waals surface area contributed by atoms with Crippen LogP contribution in [0.15, 0.2) is 60.7 Å². The Hall–Kier alpha value is -2.66. The Morgan fingerprint density at radius 2 is 1.71 bits per heavy atom. The van der Waals surface area contributed by atoms with Gasteiger partial charge in [-0.25, -0.2) is 4.68 Å². The van der Waals surface area contributed by atoms with E-state index in [9.17, 15) is 10.1 Å². The molecule has 1 aromatic heterocycles. The largest absolute Gasteiger partial charge is 0.294 e. The molecule has 5 nitrogen and oxygen atoms in total. The standard InChI is InChI=1S/C15H10ClN3O2/c16-15-10-12(11-6-2-1-3-7-11)17-18(15)13-8-4-5-9-14(13)19(20)21/h1-10H. The number of nitro benzene ring substituents is 1. The fourth-order valence-electron chi connectivity index (χ4n) is 2.07. The number of nitro groups is 1. The van der Waals surface area contributed by atoms with E-state index in [-0.39, 0.29) is 5.69 Å². The Bertz CT molecular complexity index is 800. The third-order valence-corrected chi connectivity index (χ3v) is 3.31. The lowest BCUT2D eigenvalue weighted by Crippen LogP contribution is -2.01. The van der Waals surface area contributed by atoms with Gasteiger partial charge in [0.15, 0.2) is 0 Å². The molecule has 3 aromatic rings. The van der Waals surface area contributed by atoms with Crippen molar-refractivity contribution >= 4 is 17.3 Å². The second-order valence-electron chi connectivity index (χ2n) is 4.38. The quantitative estimate of drug-likeness (QED) is 0.540. The molecule has 1 heterocycles. The van der Waals surface area contributed by atoms with Crippen LogP contribution in [0.2, 0.25) is 5.15 Å². The smallest absolute Gasteiger partial charge is 0.258 e. The molecule has 0 radical (unpaired) electrons. The van der Waals surface area contributed by atoms with Gasteiger partial charge < -0.3 is 0 Å². The van der Waals surface area contributed by atoms with Crippen LogP contribution in [-0.2, 0) is 0 Å². The van der Waals surface area contributed by atoms with Crippen molar-refractivity contribution in [3.63, 3.8) is 0 Å². The maximum Gasteiger partial charge on any atom is 0.294 e. The van der Waals surface area contributed by atoms with Crippen LogP contribution >= 0.6 is 11.6 Å². The van der Waals surface area contributed by atoms with Crippen LogP contribution in [-0.4, -0.2) is 14.7 Å². The fourth-order valence-corrected chi connectivity index (χ4v) is 2.31. The molecular weight excluding hydrogens is 290 g/mol. The average molecular weight is 300 g/mol. The predicted molar refractivity (Wildman–Crippen MR) is 80.7 cm³/mol. The van der Waals surface area contributed by atoms with Crippen molar-refractivity contribution in [3.05, 3.63) is 75.9 Å². The Balaban J connectivity index is 2.13. The van der Waals surface area contributed by atoms with Gasteiger partial charge in [0.25, 0.3) is 5.69 Å². The summed E-state index contributed by atoms with van der Waals surface area (Å²) in [5.74, 6) is 0. The molecule has 0 aliphatic rings. The molecule has 0 N–H and O–H groups in total. The summed E-state index contributed by atoms with van der Waals surface area (Å²) in [6, 6.07) is 17.6. The van der Waals surface area contributed by atoms with Gasteiger partial charge >= 0.3 is 0 Å². The molecule has 0 aliphatic carbocycles. The first-order valence-electron chi connectivity index (χ1n) is 6.21. The van der Waals surface area contributed by atoms with E-state index in [4.69, 9.17) is 11.6 Å². The van der Waals surface area contributed by atoms with Crippen LogP contribution in [0.5, 0.6) is 0 Å². The Morgan fingerprint density at radius 1 is 1.05 bits per heavy atom. The molecule has 21 heavy (non-hydrogen) atoms. The van der Waals surface area contributed by atoms with E-state index in [2.05, 4.69) is 5.10 Å². The molecular formula is C15H10ClN3O2. The molecule has 104 valence electrons. The lowest BCUT2D eigenvalue weighted by molar-refractivity contribution is -0.384. The second kappa shape index (κ2) is 5.38. The van der Waals surface area contributed by atoms with E-state index >= 15 is 0 Å². The van der Waals surface area contributed by atoms with Crippen LogP contribution in [0.3, 0.4) is 0 Å². The van der Waals surface area contributed by atoms with Crippen molar-refractivity contribution in [2.24, 2.45) is 0 Å². The van der Waals surface area contributed by atoms with Crippen LogP contribution in [0, 0.1) is 10.1 Å². The molecule has 0 bridgehead atoms. The monoisotopic (exact) mass is 299 g/mol. The van der Waals surface area contributed by atoms with Crippen molar-refractivity contribution in [2.45, 2.75) is 0 Å². The van der Waals surface area contributed by atoms with Gasteiger partial charge in [-0.15, -0.1) is 0 Å². The number of halogens is 1. The minimum absolute atomic E-state index is 0.0397. The molecule has 0 spiro atoms. The van der Waals surface area contributed by atoms with E-state index in [1.54, 1.807) is 24.3 Å². The highest BCUT2D eigenvalue weighted by molar-refractivity contribution is 6.30. The van der Waals surface area contributed by atoms with E-state index in [1.807, 2.05) is 30.3 Å². The number of benzene rings is 2. The van der Waals surface area contributed by atoms with Gasteiger partial charge in [-0.05, 0) is 6.07 Å². The molecule has 0 unspecified atom stereocenters. The van der Waals surface area contributed by atoms with Crippen LogP contribution < -0.4 is 0 Å². The van der Waals surface area contributed by atoms with Crippen molar-refractivity contribution in [1.82, 2.24) is 9.78 Å². The molecule has 0 amide bonds. The van der Waals surface area contributed by atoms with E-state index in [1.165, 1.54) is 10.7 Å². The predicted octanol–water partition coefficient (Wildman–Crippen LogP) is 4.10. The minimum Gasteiger partial charge on any atom is -0.258 e. The summed E-state index contributed by atoms with van der Waals surface area (Å²) in [5, 5.41) is 15.8. The van der Waals surface area contributed by atoms with Crippen molar-refractivity contribution in [2.75, 3.05) is 0 Å². The SMILES string of the molecule is O=[N+]([O-])c1ccccc1-n1nc(-c2ccccc2)cc1Cl. The maximum atomic E-state index is 11.1. The van der Waals surface area contributed by atoms with E-state index in [0.29, 0.717) is 16.5 Å². The molecule has 0 saturated heterocycles. The van der Waals surface area contributed by atoms with E-state index in [0.717, 1.165) is 5.56 Å². The first kappa shape index (κ1) is 13.3. The van der Waals surface area contributed by atoms with Crippen molar-refractivity contribution in [3.8, 4) is 16.9 Å². The average Bonchev–Trinajstić information content (AvgIpc) is 2.90. The number of nitrogens with zero attached hydrogens (tertiary/aromatic N) is 3. The fraction of sp³-hybridized carbons (Fsp3) is 0. The zero-order chi connectivity index (χ0) is 14.8. The molecule has 2 aromatic carbocycles. The summed E-state index contributed by atoms with van der Waals surface area (Å²) in [4.78, 5) is 10.7. The molecule has 3 rings (SSSR count). The minimum atomic E-state index is -0.449. The van der Waals surface area contributed by atoms with Gasteiger partial charge in [0.1, 0.15) is 10.8 Å². The third-order valence-electron chi connectivity index (χ3n) is 3.04. The van der Waals surface area contributed by atoms with Gasteiger partial charge in [-0.3, -0.25) is 10.1 Å². The number of rotatable bonds is 3. The Morgan fingerprint density at radius 3 is 2.43 bits per heavy atom. The molecule has 0 atom stereocenters. The molecule has 6 heteroatoms. The van der Waals surface area contributed by atoms with Gasteiger partial charge in [-0.1, -0.05) is 54.1 Å². The summed E-state index contributed by atoms with van der Waals surface area (Å²) >= 11 is 6.18. The zero-order valence-electron chi connectivity index (χ0n) is 10.8. The number of aromatic nitrogens is 2. The maximum absolute atomic E-state index is 11.1. The second-order valence-corrected chi connectivity index (χ2v) is 4.76. The number of hydrogen-bond donors (Lipinski definition) is 0. The van der Waals surface area contributed by atoms with E-state index < -0.39 is 4.92 Å². The number of hydrogen-bond acceptors (Lipinski definition) is 3. The lowest BCUT2D eigenvalue weighted by atomic mass is 10.2. The van der Waals surface area contributed by atoms with Crippen LogP contribution in [0.4, 0.5) is 5.69 Å². The Labute approximate surface area is 125 Å². The zero-order valence-corrected chi connectivity index (χ0v) is 11.6. The van der Waals surface area contributed by atoms with Gasteiger partial charge in [0.2, 0.25) is 0 Å². The Kier molecular flexibility index (Phi) is 3.41. The van der Waals surface area contributed by atoms with Crippen molar-refractivity contribution < 1.29 is 4.92 Å². The van der Waals surface area contributed by atoms with Crippen molar-refractivity contribution in [1.29, 1.82) is 0 Å². The molecule has 0 fully saturated rings. The van der Waals surface area contributed by atoms with Gasteiger partial charge in [0.05, 0.1) is 10.6 Å². The highest BCUT2D eigenvalue weighted by Gasteiger charge is 2.18. The molecule has 0 aliphatic heterocycles. The topological polar surface area (TPSA) is 61.0 Å². The van der Waals surface area contributed by atoms with Gasteiger partial charge in [0, 0.05) is 17.7 Å². The summed E-state index contributed by atoms with van der Waals surface area (Å²) in [5.41, 5.74) is 1.87. The molecule has 0 saturated carbocycles. The highest BCUT2D eigenvalue weighted by atomic mass is 35.5. The number of para-hydroxylation sites is 2. The normalized spacial score (nSPS) is 10.5. The van der Waals surface area contributed by atoms with Crippen LogP contribution in [0.25, 0.3) is 16.9 Å².